The molecule has 4 rings (SSSR count). The number of rotatable bonds is 9. The highest BCUT2D eigenvalue weighted by Gasteiger charge is 2.36. The smallest absolute Gasteiger partial charge is 0.248 e. The number of hydrogen-bond donors (Lipinski definition) is 0. The Hall–Kier alpha value is -3.59. The maximum absolute atomic E-state index is 13.6. The summed E-state index contributed by atoms with van der Waals surface area (Å²) in [6, 6.07) is 15.2. The molecule has 9 nitrogen and oxygen atoms in total. The highest BCUT2D eigenvalue weighted by molar-refractivity contribution is 5.87. The number of ether oxygens (including phenoxy) is 3. The van der Waals surface area contributed by atoms with Crippen LogP contribution in [-0.2, 0) is 32.1 Å². The third-order valence-electron chi connectivity index (χ3n) is 7.16. The first-order valence-corrected chi connectivity index (χ1v) is 13.2. The van der Waals surface area contributed by atoms with Gasteiger partial charge in [0.05, 0.1) is 25.7 Å². The number of nitrogens with zero attached hydrogens (tertiary/aromatic N) is 3. The molecule has 2 aliphatic rings. The Balaban J connectivity index is 1.49. The number of methoxy groups -OCH3 is 1. The van der Waals surface area contributed by atoms with E-state index in [-0.39, 0.29) is 56.5 Å². The minimum absolute atomic E-state index is 0.0447. The van der Waals surface area contributed by atoms with Crippen LogP contribution in [0.4, 0.5) is 0 Å². The third kappa shape index (κ3) is 6.64. The number of carbonyl (C=O) groups excluding carboxylic acids is 3. The van der Waals surface area contributed by atoms with Gasteiger partial charge in [0.15, 0.2) is 0 Å². The Labute approximate surface area is 224 Å². The third-order valence-corrected chi connectivity index (χ3v) is 7.16. The number of fused-ring (bicyclic) bond motifs is 1. The number of hydrogen-bond acceptors (Lipinski definition) is 6. The summed E-state index contributed by atoms with van der Waals surface area (Å²) in [5.41, 5.74) is 1.92. The van der Waals surface area contributed by atoms with E-state index < -0.39 is 6.10 Å². The van der Waals surface area contributed by atoms with Crippen molar-refractivity contribution in [3.05, 3.63) is 59.7 Å². The zero-order chi connectivity index (χ0) is 27.1. The molecule has 1 saturated heterocycles. The average Bonchev–Trinajstić information content (AvgIpc) is 3.10. The fourth-order valence-electron chi connectivity index (χ4n) is 4.96. The van der Waals surface area contributed by atoms with Crippen molar-refractivity contribution in [2.45, 2.75) is 32.9 Å². The Morgan fingerprint density at radius 2 is 1.79 bits per heavy atom. The van der Waals surface area contributed by atoms with E-state index in [4.69, 9.17) is 14.2 Å². The molecule has 0 bridgehead atoms. The van der Waals surface area contributed by atoms with Gasteiger partial charge in [0.25, 0.3) is 0 Å². The molecule has 0 aromatic heterocycles. The molecule has 0 saturated carbocycles. The SMILES string of the molecule is CCN(CC)C(=O)COC1CN(Cc2ccc(OC)cc2)C(=O)CN(C(=O)C2COc3ccccc3C2)C1. The van der Waals surface area contributed by atoms with Crippen LogP contribution in [0.15, 0.2) is 48.5 Å². The molecule has 0 spiro atoms. The summed E-state index contributed by atoms with van der Waals surface area (Å²) in [5, 5.41) is 0. The van der Waals surface area contributed by atoms with Crippen molar-refractivity contribution in [1.82, 2.24) is 14.7 Å². The van der Waals surface area contributed by atoms with Gasteiger partial charge in [-0.25, -0.2) is 0 Å². The van der Waals surface area contributed by atoms with Crippen molar-refractivity contribution in [2.75, 3.05) is 53.0 Å². The average molecular weight is 524 g/mol. The Morgan fingerprint density at radius 1 is 1.05 bits per heavy atom. The lowest BCUT2D eigenvalue weighted by Gasteiger charge is -2.30. The van der Waals surface area contributed by atoms with Gasteiger partial charge in [-0.1, -0.05) is 30.3 Å². The molecule has 3 amide bonds. The lowest BCUT2D eigenvalue weighted by Crippen LogP contribution is -2.46. The van der Waals surface area contributed by atoms with Crippen LogP contribution in [0.1, 0.15) is 25.0 Å². The fourth-order valence-corrected chi connectivity index (χ4v) is 4.96. The lowest BCUT2D eigenvalue weighted by molar-refractivity contribution is -0.143. The molecule has 9 heteroatoms. The van der Waals surface area contributed by atoms with E-state index in [0.29, 0.717) is 26.1 Å². The molecule has 38 heavy (non-hydrogen) atoms. The normalized spacial score (nSPS) is 19.3. The molecule has 1 fully saturated rings. The van der Waals surface area contributed by atoms with Crippen LogP contribution < -0.4 is 9.47 Å². The summed E-state index contributed by atoms with van der Waals surface area (Å²) in [5.74, 6) is 0.743. The van der Waals surface area contributed by atoms with Gasteiger partial charge in [0.2, 0.25) is 17.7 Å². The van der Waals surface area contributed by atoms with Gasteiger partial charge in [-0.15, -0.1) is 0 Å². The topological polar surface area (TPSA) is 88.6 Å². The van der Waals surface area contributed by atoms with E-state index in [1.54, 1.807) is 21.8 Å². The Kier molecular flexibility index (Phi) is 9.23. The van der Waals surface area contributed by atoms with Gasteiger partial charge in [0, 0.05) is 32.7 Å². The summed E-state index contributed by atoms with van der Waals surface area (Å²) in [4.78, 5) is 44.6. The molecule has 2 aromatic carbocycles. The van der Waals surface area contributed by atoms with Crippen molar-refractivity contribution < 1.29 is 28.6 Å². The zero-order valence-corrected chi connectivity index (χ0v) is 22.4. The van der Waals surface area contributed by atoms with Crippen molar-refractivity contribution in [3.8, 4) is 11.5 Å². The molecule has 204 valence electrons. The fraction of sp³-hybridized carbons (Fsp3) is 0.483. The van der Waals surface area contributed by atoms with E-state index in [9.17, 15) is 14.4 Å². The van der Waals surface area contributed by atoms with E-state index in [1.807, 2.05) is 62.4 Å². The number of likely N-dealkylation sites (N-methyl/N-ethyl adjacent to an activating group) is 1. The summed E-state index contributed by atoms with van der Waals surface area (Å²) in [7, 11) is 1.61. The van der Waals surface area contributed by atoms with Crippen LogP contribution in [0.25, 0.3) is 0 Å². The zero-order valence-electron chi connectivity index (χ0n) is 22.4. The molecule has 0 N–H and O–H groups in total. The van der Waals surface area contributed by atoms with Gasteiger partial charge in [-0.05, 0) is 49.6 Å². The van der Waals surface area contributed by atoms with E-state index in [0.717, 1.165) is 22.6 Å². The van der Waals surface area contributed by atoms with Crippen LogP contribution >= 0.6 is 0 Å². The van der Waals surface area contributed by atoms with Crippen LogP contribution in [0, 0.1) is 5.92 Å². The maximum Gasteiger partial charge on any atom is 0.248 e. The van der Waals surface area contributed by atoms with Gasteiger partial charge in [-0.3, -0.25) is 14.4 Å². The second kappa shape index (κ2) is 12.8. The van der Waals surface area contributed by atoms with Crippen LogP contribution in [0.3, 0.4) is 0 Å². The highest BCUT2D eigenvalue weighted by atomic mass is 16.5. The second-order valence-electron chi connectivity index (χ2n) is 9.66. The minimum atomic E-state index is -0.500. The van der Waals surface area contributed by atoms with E-state index in [2.05, 4.69) is 0 Å². The van der Waals surface area contributed by atoms with Crippen molar-refractivity contribution >= 4 is 17.7 Å². The molecule has 0 aliphatic carbocycles. The summed E-state index contributed by atoms with van der Waals surface area (Å²) in [6.07, 6.45) is 0.0567. The largest absolute Gasteiger partial charge is 0.497 e. The van der Waals surface area contributed by atoms with E-state index in [1.165, 1.54) is 0 Å². The molecule has 2 aromatic rings. The molecule has 2 atom stereocenters. The predicted molar refractivity (Wildman–Crippen MR) is 142 cm³/mol. The first kappa shape index (κ1) is 27.4. The molecule has 2 aliphatic heterocycles. The second-order valence-corrected chi connectivity index (χ2v) is 9.66. The monoisotopic (exact) mass is 523 g/mol. The van der Waals surface area contributed by atoms with Crippen LogP contribution in [-0.4, -0.2) is 91.6 Å². The van der Waals surface area contributed by atoms with Gasteiger partial charge in [0.1, 0.15) is 24.7 Å². The Bertz CT molecular complexity index is 1120. The number of para-hydroxylation sites is 1. The minimum Gasteiger partial charge on any atom is -0.497 e. The van der Waals surface area contributed by atoms with Gasteiger partial charge >= 0.3 is 0 Å². The molecule has 2 unspecified atom stereocenters. The first-order valence-electron chi connectivity index (χ1n) is 13.2. The number of carbonyl (C=O) groups is 3. The van der Waals surface area contributed by atoms with E-state index >= 15 is 0 Å². The van der Waals surface area contributed by atoms with Crippen LogP contribution in [0.2, 0.25) is 0 Å². The standard InChI is InChI=1S/C29H37N3O6/c1-4-30(5-2)28(34)20-37-25-16-31(15-21-10-12-24(36-3)13-11-21)27(33)18-32(17-25)29(35)23-14-22-8-6-7-9-26(22)38-19-23/h6-13,23,25H,4-5,14-20H2,1-3H3. The molecular weight excluding hydrogens is 486 g/mol. The van der Waals surface area contributed by atoms with Gasteiger partial charge < -0.3 is 28.9 Å². The van der Waals surface area contributed by atoms with Gasteiger partial charge in [-0.2, -0.15) is 0 Å². The number of amides is 3. The summed E-state index contributed by atoms with van der Waals surface area (Å²) in [6.45, 7) is 6.04. The van der Waals surface area contributed by atoms with Crippen LogP contribution in [0.5, 0.6) is 11.5 Å². The van der Waals surface area contributed by atoms with Crippen molar-refractivity contribution in [2.24, 2.45) is 5.92 Å². The molecule has 2 heterocycles. The summed E-state index contributed by atoms with van der Waals surface area (Å²) >= 11 is 0. The quantitative estimate of drug-likeness (QED) is 0.502. The maximum atomic E-state index is 13.6. The number of benzene rings is 2. The van der Waals surface area contributed by atoms with Crippen molar-refractivity contribution in [1.29, 1.82) is 0 Å². The predicted octanol–water partition coefficient (Wildman–Crippen LogP) is 2.37. The van der Waals surface area contributed by atoms with Crippen molar-refractivity contribution in [3.63, 3.8) is 0 Å². The first-order chi connectivity index (χ1) is 18.4. The molecule has 0 radical (unpaired) electrons. The highest BCUT2D eigenvalue weighted by Crippen LogP contribution is 2.28. The summed E-state index contributed by atoms with van der Waals surface area (Å²) < 4.78 is 17.1. The Morgan fingerprint density at radius 3 is 2.50 bits per heavy atom. The molecular formula is C29H37N3O6. The lowest BCUT2D eigenvalue weighted by atomic mass is 9.95.